The zero-order chi connectivity index (χ0) is 14.5. The van der Waals surface area contributed by atoms with Crippen LogP contribution in [-0.4, -0.2) is 21.9 Å². The number of aryl methyl sites for hydroxylation is 3. The summed E-state index contributed by atoms with van der Waals surface area (Å²) in [5.74, 6) is 1.47. The summed E-state index contributed by atoms with van der Waals surface area (Å²) in [6.07, 6.45) is 4.86. The van der Waals surface area contributed by atoms with Crippen molar-refractivity contribution >= 4 is 5.91 Å². The van der Waals surface area contributed by atoms with Crippen LogP contribution in [0.1, 0.15) is 41.0 Å². The molecule has 2 rings (SSSR count). The van der Waals surface area contributed by atoms with E-state index in [1.54, 1.807) is 19.4 Å². The number of hydrogen-bond donors (Lipinski definition) is 1. The van der Waals surface area contributed by atoms with Crippen LogP contribution >= 0.6 is 0 Å². The van der Waals surface area contributed by atoms with Crippen molar-refractivity contribution in [2.45, 2.75) is 39.7 Å². The maximum absolute atomic E-state index is 12.1. The zero-order valence-corrected chi connectivity index (χ0v) is 12.0. The third kappa shape index (κ3) is 3.66. The van der Waals surface area contributed by atoms with Crippen molar-refractivity contribution in [2.75, 3.05) is 0 Å². The highest BCUT2D eigenvalue weighted by Crippen LogP contribution is 2.08. The maximum atomic E-state index is 12.1. The predicted molar refractivity (Wildman–Crippen MR) is 75.5 cm³/mol. The minimum atomic E-state index is -0.130. The van der Waals surface area contributed by atoms with Gasteiger partial charge in [0.05, 0.1) is 17.5 Å². The molecular formula is C15H19N3O2. The van der Waals surface area contributed by atoms with E-state index in [0.717, 1.165) is 18.6 Å². The monoisotopic (exact) mass is 273 g/mol. The first-order valence-corrected chi connectivity index (χ1v) is 6.69. The molecule has 1 amide bonds. The van der Waals surface area contributed by atoms with Crippen molar-refractivity contribution in [3.8, 4) is 0 Å². The van der Waals surface area contributed by atoms with Gasteiger partial charge in [-0.1, -0.05) is 0 Å². The van der Waals surface area contributed by atoms with Crippen molar-refractivity contribution in [1.29, 1.82) is 0 Å². The number of amides is 1. The SMILES string of the molecule is Cc1ncc(C(=O)N[C@@H](C)CCc2ccco2)c(C)n1. The summed E-state index contributed by atoms with van der Waals surface area (Å²) in [6, 6.07) is 3.87. The van der Waals surface area contributed by atoms with Gasteiger partial charge in [-0.05, 0) is 39.3 Å². The highest BCUT2D eigenvalue weighted by molar-refractivity contribution is 5.95. The van der Waals surface area contributed by atoms with E-state index in [1.807, 2.05) is 26.0 Å². The summed E-state index contributed by atoms with van der Waals surface area (Å²) in [6.45, 7) is 5.60. The fourth-order valence-electron chi connectivity index (χ4n) is 1.99. The van der Waals surface area contributed by atoms with Crippen LogP contribution in [0.4, 0.5) is 0 Å². The number of carbonyl (C=O) groups is 1. The van der Waals surface area contributed by atoms with Gasteiger partial charge < -0.3 is 9.73 Å². The molecule has 0 saturated heterocycles. The summed E-state index contributed by atoms with van der Waals surface area (Å²) < 4.78 is 5.27. The van der Waals surface area contributed by atoms with E-state index in [1.165, 1.54) is 0 Å². The molecule has 0 bridgehead atoms. The molecule has 5 nitrogen and oxygen atoms in total. The van der Waals surface area contributed by atoms with Crippen molar-refractivity contribution in [2.24, 2.45) is 0 Å². The molecular weight excluding hydrogens is 254 g/mol. The summed E-state index contributed by atoms with van der Waals surface area (Å²) in [5, 5.41) is 2.96. The van der Waals surface area contributed by atoms with Crippen molar-refractivity contribution in [3.05, 3.63) is 47.4 Å². The van der Waals surface area contributed by atoms with E-state index in [2.05, 4.69) is 15.3 Å². The van der Waals surface area contributed by atoms with Gasteiger partial charge in [-0.3, -0.25) is 4.79 Å². The van der Waals surface area contributed by atoms with E-state index in [-0.39, 0.29) is 11.9 Å². The Kier molecular flexibility index (Phi) is 4.50. The minimum absolute atomic E-state index is 0.0632. The van der Waals surface area contributed by atoms with Gasteiger partial charge in [-0.2, -0.15) is 0 Å². The number of hydrogen-bond acceptors (Lipinski definition) is 4. The van der Waals surface area contributed by atoms with Crippen molar-refractivity contribution in [3.63, 3.8) is 0 Å². The molecule has 0 fully saturated rings. The zero-order valence-electron chi connectivity index (χ0n) is 12.0. The molecule has 1 N–H and O–H groups in total. The van der Waals surface area contributed by atoms with Gasteiger partial charge in [0.25, 0.3) is 5.91 Å². The molecule has 0 spiro atoms. The second-order valence-electron chi connectivity index (χ2n) is 4.91. The highest BCUT2D eigenvalue weighted by Gasteiger charge is 2.13. The van der Waals surface area contributed by atoms with E-state index < -0.39 is 0 Å². The van der Waals surface area contributed by atoms with Crippen molar-refractivity contribution < 1.29 is 9.21 Å². The van der Waals surface area contributed by atoms with Gasteiger partial charge >= 0.3 is 0 Å². The van der Waals surface area contributed by atoms with E-state index in [0.29, 0.717) is 17.1 Å². The lowest BCUT2D eigenvalue weighted by Gasteiger charge is -2.14. The average molecular weight is 273 g/mol. The van der Waals surface area contributed by atoms with Crippen LogP contribution in [0.25, 0.3) is 0 Å². The number of nitrogens with zero attached hydrogens (tertiary/aromatic N) is 2. The molecule has 0 unspecified atom stereocenters. The first kappa shape index (κ1) is 14.2. The second kappa shape index (κ2) is 6.32. The Morgan fingerprint density at radius 3 is 2.90 bits per heavy atom. The molecule has 20 heavy (non-hydrogen) atoms. The van der Waals surface area contributed by atoms with Crippen LogP contribution in [0.15, 0.2) is 29.0 Å². The Labute approximate surface area is 118 Å². The quantitative estimate of drug-likeness (QED) is 0.908. The Morgan fingerprint density at radius 1 is 1.45 bits per heavy atom. The Bertz CT molecular complexity index is 579. The lowest BCUT2D eigenvalue weighted by Crippen LogP contribution is -2.33. The molecule has 5 heteroatoms. The highest BCUT2D eigenvalue weighted by atomic mass is 16.3. The van der Waals surface area contributed by atoms with Crippen molar-refractivity contribution in [1.82, 2.24) is 15.3 Å². The molecule has 1 atom stereocenters. The maximum Gasteiger partial charge on any atom is 0.254 e. The van der Waals surface area contributed by atoms with Gasteiger partial charge in [-0.25, -0.2) is 9.97 Å². The largest absolute Gasteiger partial charge is 0.469 e. The molecule has 2 aromatic rings. The molecule has 0 aliphatic rings. The summed E-state index contributed by atoms with van der Waals surface area (Å²) in [4.78, 5) is 20.4. The summed E-state index contributed by atoms with van der Waals surface area (Å²) in [7, 11) is 0. The van der Waals surface area contributed by atoms with Gasteiger partial charge in [0, 0.05) is 18.7 Å². The van der Waals surface area contributed by atoms with Gasteiger partial charge in [0.15, 0.2) is 0 Å². The number of carbonyl (C=O) groups excluding carboxylic acids is 1. The lowest BCUT2D eigenvalue weighted by molar-refractivity contribution is 0.0936. The van der Waals surface area contributed by atoms with E-state index >= 15 is 0 Å². The fraction of sp³-hybridized carbons (Fsp3) is 0.400. The fourth-order valence-corrected chi connectivity index (χ4v) is 1.99. The molecule has 0 aliphatic heterocycles. The van der Waals surface area contributed by atoms with Crippen LogP contribution in [-0.2, 0) is 6.42 Å². The first-order valence-electron chi connectivity index (χ1n) is 6.69. The van der Waals surface area contributed by atoms with Crippen LogP contribution in [0.5, 0.6) is 0 Å². The average Bonchev–Trinajstić information content (AvgIpc) is 2.89. The van der Waals surface area contributed by atoms with Gasteiger partial charge in [0.2, 0.25) is 0 Å². The molecule has 2 aromatic heterocycles. The predicted octanol–water partition coefficient (Wildman–Crippen LogP) is 2.44. The smallest absolute Gasteiger partial charge is 0.254 e. The third-order valence-corrected chi connectivity index (χ3v) is 3.13. The van der Waals surface area contributed by atoms with Crippen LogP contribution < -0.4 is 5.32 Å². The topological polar surface area (TPSA) is 68.0 Å². The molecule has 0 aliphatic carbocycles. The number of aromatic nitrogens is 2. The summed E-state index contributed by atoms with van der Waals surface area (Å²) in [5.41, 5.74) is 1.23. The lowest BCUT2D eigenvalue weighted by atomic mass is 10.1. The Morgan fingerprint density at radius 2 is 2.25 bits per heavy atom. The number of nitrogens with one attached hydrogen (secondary N) is 1. The van der Waals surface area contributed by atoms with Crippen LogP contribution in [0, 0.1) is 13.8 Å². The third-order valence-electron chi connectivity index (χ3n) is 3.13. The van der Waals surface area contributed by atoms with Crippen LogP contribution in [0.3, 0.4) is 0 Å². The first-order chi connectivity index (χ1) is 9.56. The molecule has 2 heterocycles. The second-order valence-corrected chi connectivity index (χ2v) is 4.91. The Balaban J connectivity index is 1.90. The number of rotatable bonds is 5. The molecule has 0 saturated carbocycles. The minimum Gasteiger partial charge on any atom is -0.469 e. The van der Waals surface area contributed by atoms with E-state index in [9.17, 15) is 4.79 Å². The van der Waals surface area contributed by atoms with Crippen LogP contribution in [0.2, 0.25) is 0 Å². The van der Waals surface area contributed by atoms with E-state index in [4.69, 9.17) is 4.42 Å². The standard InChI is InChI=1S/C15H19N3O2/c1-10(6-7-13-5-4-8-20-13)17-15(19)14-9-16-12(3)18-11(14)2/h4-5,8-10H,6-7H2,1-3H3,(H,17,19)/t10-/m0/s1. The normalized spacial score (nSPS) is 12.2. The molecule has 0 radical (unpaired) electrons. The molecule has 106 valence electrons. The summed E-state index contributed by atoms with van der Waals surface area (Å²) >= 11 is 0. The molecule has 0 aromatic carbocycles. The Hall–Kier alpha value is -2.17. The van der Waals surface area contributed by atoms with Gasteiger partial charge in [-0.15, -0.1) is 0 Å². The number of furan rings is 1. The van der Waals surface area contributed by atoms with Gasteiger partial charge in [0.1, 0.15) is 11.6 Å².